The number of ether oxygens (including phenoxy) is 2. The number of aromatic nitrogens is 3. The first-order valence-electron chi connectivity index (χ1n) is 12.2. The number of rotatable bonds is 11. The highest BCUT2D eigenvalue weighted by Crippen LogP contribution is 2.31. The van der Waals surface area contributed by atoms with Gasteiger partial charge in [-0.3, -0.25) is 9.36 Å². The van der Waals surface area contributed by atoms with Gasteiger partial charge in [-0.2, -0.15) is 5.26 Å². The highest BCUT2D eigenvalue weighted by atomic mass is 28.3. The van der Waals surface area contributed by atoms with Gasteiger partial charge in [-0.15, -0.1) is 0 Å². The minimum Gasteiger partial charge on any atom is -0.494 e. The molecular weight excluding hydrogens is 468 g/mol. The lowest BCUT2D eigenvalue weighted by atomic mass is 10.1. The lowest BCUT2D eigenvalue weighted by Gasteiger charge is -2.16. The second kappa shape index (κ2) is 11.4. The Hall–Kier alpha value is -3.67. The summed E-state index contributed by atoms with van der Waals surface area (Å²) in [6.45, 7) is 8.60. The Morgan fingerprint density at radius 3 is 2.36 bits per heavy atom. The lowest BCUT2D eigenvalue weighted by molar-refractivity contribution is 0.0843. The van der Waals surface area contributed by atoms with E-state index in [0.29, 0.717) is 48.5 Å². The molecule has 4 rings (SSSR count). The average Bonchev–Trinajstić information content (AvgIpc) is 3.20. The van der Waals surface area contributed by atoms with Gasteiger partial charge in [0.15, 0.2) is 0 Å². The normalized spacial score (nSPS) is 11.5. The molecule has 0 fully saturated rings. The fourth-order valence-corrected chi connectivity index (χ4v) is 4.81. The Morgan fingerprint density at radius 1 is 1.00 bits per heavy atom. The van der Waals surface area contributed by atoms with Crippen LogP contribution in [-0.2, 0) is 18.0 Å². The summed E-state index contributed by atoms with van der Waals surface area (Å²) in [4.78, 5) is 18.1. The van der Waals surface area contributed by atoms with Crippen molar-refractivity contribution in [2.75, 3.05) is 13.2 Å². The summed E-state index contributed by atoms with van der Waals surface area (Å²) in [5.41, 5.74) is 2.60. The SMILES string of the molecule is C[Si](C)(C)CCOCn1cnc2c(C#N)c(-c3ccccc3)n(CCCOc3ccccc3)c2c1=O. The molecule has 186 valence electrons. The standard InChI is InChI=1S/C28H32N4O3Si/c1-36(2,3)18-17-34-21-31-20-30-25-24(19-29)26(22-11-6-4-7-12-22)32(27(25)28(31)33)15-10-16-35-23-13-8-5-9-14-23/h4-9,11-14,20H,10,15-18,21H2,1-3H3. The van der Waals surface area contributed by atoms with E-state index in [4.69, 9.17) is 9.47 Å². The quantitative estimate of drug-likeness (QED) is 0.200. The van der Waals surface area contributed by atoms with Crippen LogP contribution in [0.15, 0.2) is 71.8 Å². The molecule has 0 radical (unpaired) electrons. The maximum atomic E-state index is 13.6. The largest absolute Gasteiger partial charge is 0.494 e. The van der Waals surface area contributed by atoms with Crippen LogP contribution in [0, 0.1) is 11.3 Å². The Kier molecular flexibility index (Phi) is 8.03. The van der Waals surface area contributed by atoms with E-state index in [1.54, 1.807) is 0 Å². The molecule has 0 bridgehead atoms. The first-order chi connectivity index (χ1) is 17.4. The van der Waals surface area contributed by atoms with Crippen LogP contribution < -0.4 is 10.3 Å². The zero-order chi connectivity index (χ0) is 25.5. The summed E-state index contributed by atoms with van der Waals surface area (Å²) < 4.78 is 15.1. The number of fused-ring (bicyclic) bond motifs is 1. The monoisotopic (exact) mass is 500 g/mol. The summed E-state index contributed by atoms with van der Waals surface area (Å²) in [6.07, 6.45) is 2.14. The zero-order valence-electron chi connectivity index (χ0n) is 21.1. The van der Waals surface area contributed by atoms with Gasteiger partial charge in [-0.25, -0.2) is 4.98 Å². The number of hydrogen-bond donors (Lipinski definition) is 0. The van der Waals surface area contributed by atoms with Gasteiger partial charge in [0.2, 0.25) is 0 Å². The van der Waals surface area contributed by atoms with Crippen molar-refractivity contribution in [3.8, 4) is 23.1 Å². The third kappa shape index (κ3) is 5.93. The number of aryl methyl sites for hydroxylation is 1. The van der Waals surface area contributed by atoms with Crippen molar-refractivity contribution >= 4 is 19.1 Å². The zero-order valence-corrected chi connectivity index (χ0v) is 22.1. The van der Waals surface area contributed by atoms with E-state index >= 15 is 0 Å². The smallest absolute Gasteiger partial charge is 0.279 e. The van der Waals surface area contributed by atoms with Gasteiger partial charge >= 0.3 is 0 Å². The molecule has 0 aliphatic carbocycles. The molecule has 0 aliphatic heterocycles. The minimum absolute atomic E-state index is 0.136. The molecular formula is C28H32N4O3Si. The first-order valence-corrected chi connectivity index (χ1v) is 15.9. The Bertz CT molecular complexity index is 1400. The fraction of sp³-hybridized carbons (Fsp3) is 0.321. The number of benzene rings is 2. The third-order valence-corrected chi connectivity index (χ3v) is 7.66. The Morgan fingerprint density at radius 2 is 1.69 bits per heavy atom. The van der Waals surface area contributed by atoms with E-state index in [0.717, 1.165) is 17.4 Å². The van der Waals surface area contributed by atoms with Crippen molar-refractivity contribution in [3.63, 3.8) is 0 Å². The van der Waals surface area contributed by atoms with E-state index in [9.17, 15) is 10.1 Å². The molecule has 7 nitrogen and oxygen atoms in total. The fourth-order valence-electron chi connectivity index (χ4n) is 4.05. The summed E-state index contributed by atoms with van der Waals surface area (Å²) in [5.74, 6) is 0.801. The molecule has 8 heteroatoms. The van der Waals surface area contributed by atoms with E-state index in [1.807, 2.05) is 65.2 Å². The van der Waals surface area contributed by atoms with E-state index in [1.165, 1.54) is 10.9 Å². The molecule has 0 saturated carbocycles. The van der Waals surface area contributed by atoms with Crippen LogP contribution in [0.5, 0.6) is 5.75 Å². The van der Waals surface area contributed by atoms with Crippen LogP contribution in [0.25, 0.3) is 22.3 Å². The van der Waals surface area contributed by atoms with E-state index in [2.05, 4.69) is 30.7 Å². The van der Waals surface area contributed by atoms with Gasteiger partial charge in [0.25, 0.3) is 5.56 Å². The van der Waals surface area contributed by atoms with Crippen molar-refractivity contribution < 1.29 is 9.47 Å². The van der Waals surface area contributed by atoms with Crippen molar-refractivity contribution in [2.45, 2.75) is 45.4 Å². The number of nitriles is 1. The molecule has 0 spiro atoms. The molecule has 2 aromatic heterocycles. The predicted molar refractivity (Wildman–Crippen MR) is 145 cm³/mol. The molecule has 0 saturated heterocycles. The average molecular weight is 501 g/mol. The molecule has 36 heavy (non-hydrogen) atoms. The van der Waals surface area contributed by atoms with Crippen LogP contribution in [0.3, 0.4) is 0 Å². The molecule has 0 unspecified atom stereocenters. The third-order valence-electron chi connectivity index (χ3n) is 5.95. The molecule has 2 heterocycles. The van der Waals surface area contributed by atoms with Gasteiger partial charge in [0.05, 0.1) is 12.3 Å². The van der Waals surface area contributed by atoms with Crippen LogP contribution in [0.4, 0.5) is 0 Å². The second-order valence-electron chi connectivity index (χ2n) is 9.93. The van der Waals surface area contributed by atoms with Gasteiger partial charge in [0.1, 0.15) is 41.5 Å². The lowest BCUT2D eigenvalue weighted by Crippen LogP contribution is -2.26. The number of para-hydroxylation sites is 1. The molecule has 2 aromatic carbocycles. The van der Waals surface area contributed by atoms with E-state index in [-0.39, 0.29) is 12.3 Å². The van der Waals surface area contributed by atoms with Crippen LogP contribution in [-0.4, -0.2) is 35.4 Å². The minimum atomic E-state index is -1.23. The maximum absolute atomic E-state index is 13.6. The van der Waals surface area contributed by atoms with Gasteiger partial charge in [-0.1, -0.05) is 68.2 Å². The van der Waals surface area contributed by atoms with Gasteiger partial charge in [0, 0.05) is 21.2 Å². The van der Waals surface area contributed by atoms with Gasteiger partial charge in [-0.05, 0) is 30.2 Å². The van der Waals surface area contributed by atoms with Crippen LogP contribution >= 0.6 is 0 Å². The van der Waals surface area contributed by atoms with Crippen molar-refractivity contribution in [1.29, 1.82) is 5.26 Å². The summed E-state index contributed by atoms with van der Waals surface area (Å²) in [6, 6.07) is 22.6. The van der Waals surface area contributed by atoms with Gasteiger partial charge < -0.3 is 14.0 Å². The predicted octanol–water partition coefficient (Wildman–Crippen LogP) is 5.52. The molecule has 0 amide bonds. The van der Waals surface area contributed by atoms with Crippen LogP contribution in [0.2, 0.25) is 25.7 Å². The highest BCUT2D eigenvalue weighted by molar-refractivity contribution is 6.76. The first kappa shape index (κ1) is 25.4. The Balaban J connectivity index is 1.67. The topological polar surface area (TPSA) is 82.1 Å². The van der Waals surface area contributed by atoms with E-state index < -0.39 is 8.07 Å². The molecule has 0 atom stereocenters. The molecule has 4 aromatic rings. The molecule has 0 aliphatic rings. The maximum Gasteiger partial charge on any atom is 0.279 e. The number of nitrogens with zero attached hydrogens (tertiary/aromatic N) is 4. The number of hydrogen-bond acceptors (Lipinski definition) is 5. The van der Waals surface area contributed by atoms with Crippen molar-refractivity contribution in [2.24, 2.45) is 0 Å². The summed E-state index contributed by atoms with van der Waals surface area (Å²) >= 11 is 0. The Labute approximate surface area is 212 Å². The van der Waals surface area contributed by atoms with Crippen LogP contribution in [0.1, 0.15) is 12.0 Å². The summed E-state index contributed by atoms with van der Waals surface area (Å²) in [7, 11) is -1.23. The highest BCUT2D eigenvalue weighted by Gasteiger charge is 2.23. The van der Waals surface area contributed by atoms with Crippen molar-refractivity contribution in [3.05, 3.63) is 82.9 Å². The second-order valence-corrected chi connectivity index (χ2v) is 15.6. The molecule has 0 N–H and O–H groups in total. The summed E-state index contributed by atoms with van der Waals surface area (Å²) in [5, 5.41) is 10.1. The van der Waals surface area contributed by atoms with Crippen molar-refractivity contribution in [1.82, 2.24) is 14.1 Å².